The molecule has 1 aliphatic heterocycles. The second-order valence-electron chi connectivity index (χ2n) is 6.57. The number of nitrogens with zero attached hydrogens (tertiary/aromatic N) is 2. The van der Waals surface area contributed by atoms with Crippen LogP contribution < -0.4 is 4.90 Å². The molecule has 1 N–H and O–H groups in total. The zero-order valence-corrected chi connectivity index (χ0v) is 14.5. The Kier molecular flexibility index (Phi) is 4.47. The molecule has 2 aromatic rings. The maximum absolute atomic E-state index is 12.9. The quantitative estimate of drug-likeness (QED) is 0.922. The highest BCUT2D eigenvalue weighted by molar-refractivity contribution is 5.97. The van der Waals surface area contributed by atoms with E-state index >= 15 is 0 Å². The Bertz CT molecular complexity index is 722. The lowest BCUT2D eigenvalue weighted by atomic mass is 9.98. The van der Waals surface area contributed by atoms with E-state index in [4.69, 9.17) is 0 Å². The molecule has 4 nitrogen and oxygen atoms in total. The van der Waals surface area contributed by atoms with Gasteiger partial charge in [-0.05, 0) is 56.2 Å². The average molecular weight is 324 g/mol. The minimum absolute atomic E-state index is 0.135. The van der Waals surface area contributed by atoms with Crippen LogP contribution in [0.1, 0.15) is 27.0 Å². The summed E-state index contributed by atoms with van der Waals surface area (Å²) in [5, 5.41) is 9.40. The standard InChI is InChI=1S/C20H24N2O2/c1-14-12-15(2)19(16(3)13-14)20(24)22-10-8-21(9-11-22)17-4-6-18(23)7-5-17/h4-7,12-13,23H,8-11H2,1-3H3. The summed E-state index contributed by atoms with van der Waals surface area (Å²) in [7, 11) is 0. The van der Waals surface area contributed by atoms with Gasteiger partial charge < -0.3 is 14.9 Å². The van der Waals surface area contributed by atoms with Crippen molar-refractivity contribution in [2.75, 3.05) is 31.1 Å². The number of hydrogen-bond donors (Lipinski definition) is 1. The van der Waals surface area contributed by atoms with E-state index in [2.05, 4.69) is 24.0 Å². The van der Waals surface area contributed by atoms with Crippen LogP contribution in [0.5, 0.6) is 5.75 Å². The van der Waals surface area contributed by atoms with Crippen molar-refractivity contribution in [2.24, 2.45) is 0 Å². The monoisotopic (exact) mass is 324 g/mol. The Labute approximate surface area is 143 Å². The molecule has 0 aliphatic carbocycles. The SMILES string of the molecule is Cc1cc(C)c(C(=O)N2CCN(c3ccc(O)cc3)CC2)c(C)c1. The largest absolute Gasteiger partial charge is 0.508 e. The number of phenols is 1. The summed E-state index contributed by atoms with van der Waals surface area (Å²) in [6.07, 6.45) is 0. The number of piperazine rings is 1. The van der Waals surface area contributed by atoms with Crippen molar-refractivity contribution in [1.29, 1.82) is 0 Å². The molecule has 0 aromatic heterocycles. The number of anilines is 1. The van der Waals surface area contributed by atoms with E-state index in [0.29, 0.717) is 13.1 Å². The van der Waals surface area contributed by atoms with E-state index in [0.717, 1.165) is 35.5 Å². The molecule has 126 valence electrons. The van der Waals surface area contributed by atoms with Gasteiger partial charge in [-0.2, -0.15) is 0 Å². The fraction of sp³-hybridized carbons (Fsp3) is 0.350. The smallest absolute Gasteiger partial charge is 0.254 e. The number of hydrogen-bond acceptors (Lipinski definition) is 3. The number of benzene rings is 2. The van der Waals surface area contributed by atoms with Crippen LogP contribution >= 0.6 is 0 Å². The van der Waals surface area contributed by atoms with Crippen LogP contribution in [0.3, 0.4) is 0 Å². The molecule has 0 spiro atoms. The van der Waals surface area contributed by atoms with Gasteiger partial charge in [0.05, 0.1) is 0 Å². The van der Waals surface area contributed by atoms with Crippen molar-refractivity contribution in [3.63, 3.8) is 0 Å². The van der Waals surface area contributed by atoms with Crippen molar-refractivity contribution in [2.45, 2.75) is 20.8 Å². The van der Waals surface area contributed by atoms with Crippen molar-refractivity contribution in [3.05, 3.63) is 58.7 Å². The second kappa shape index (κ2) is 6.56. The van der Waals surface area contributed by atoms with E-state index in [9.17, 15) is 9.90 Å². The zero-order valence-electron chi connectivity index (χ0n) is 14.5. The molecule has 1 aliphatic rings. The third kappa shape index (κ3) is 3.23. The molecular formula is C20H24N2O2. The van der Waals surface area contributed by atoms with Gasteiger partial charge in [0.25, 0.3) is 5.91 Å². The second-order valence-corrected chi connectivity index (χ2v) is 6.57. The molecule has 4 heteroatoms. The summed E-state index contributed by atoms with van der Waals surface area (Å²) >= 11 is 0. The van der Waals surface area contributed by atoms with E-state index in [-0.39, 0.29) is 11.7 Å². The molecule has 1 fully saturated rings. The van der Waals surface area contributed by atoms with Crippen molar-refractivity contribution in [1.82, 2.24) is 4.90 Å². The summed E-state index contributed by atoms with van der Waals surface area (Å²) in [5.41, 5.74) is 5.23. The summed E-state index contributed by atoms with van der Waals surface area (Å²) < 4.78 is 0. The Morgan fingerprint density at radius 3 is 2.00 bits per heavy atom. The highest BCUT2D eigenvalue weighted by Crippen LogP contribution is 2.22. The van der Waals surface area contributed by atoms with Gasteiger partial charge in [-0.3, -0.25) is 4.79 Å². The zero-order chi connectivity index (χ0) is 17.3. The van der Waals surface area contributed by atoms with Crippen LogP contribution in [-0.2, 0) is 0 Å². The average Bonchev–Trinajstić information content (AvgIpc) is 2.54. The first-order valence-corrected chi connectivity index (χ1v) is 8.37. The number of carbonyl (C=O) groups is 1. The fourth-order valence-corrected chi connectivity index (χ4v) is 3.51. The molecule has 24 heavy (non-hydrogen) atoms. The van der Waals surface area contributed by atoms with Gasteiger partial charge in [0.15, 0.2) is 0 Å². The highest BCUT2D eigenvalue weighted by Gasteiger charge is 2.24. The topological polar surface area (TPSA) is 43.8 Å². The van der Waals surface area contributed by atoms with E-state index in [1.807, 2.05) is 30.9 Å². The Balaban J connectivity index is 1.70. The molecular weight excluding hydrogens is 300 g/mol. The molecule has 0 radical (unpaired) electrons. The predicted molar refractivity (Wildman–Crippen MR) is 96.9 cm³/mol. The fourth-order valence-electron chi connectivity index (χ4n) is 3.51. The summed E-state index contributed by atoms with van der Waals surface area (Å²) in [5.74, 6) is 0.410. The van der Waals surface area contributed by atoms with Crippen LogP contribution in [-0.4, -0.2) is 42.1 Å². The number of aryl methyl sites for hydroxylation is 3. The Morgan fingerprint density at radius 2 is 1.46 bits per heavy atom. The van der Waals surface area contributed by atoms with Crippen LogP contribution in [0, 0.1) is 20.8 Å². The van der Waals surface area contributed by atoms with E-state index in [1.54, 1.807) is 12.1 Å². The number of amides is 1. The highest BCUT2D eigenvalue weighted by atomic mass is 16.3. The van der Waals surface area contributed by atoms with Gasteiger partial charge in [0, 0.05) is 37.4 Å². The van der Waals surface area contributed by atoms with Gasteiger partial charge in [0.1, 0.15) is 5.75 Å². The predicted octanol–water partition coefficient (Wildman–Crippen LogP) is 3.28. The minimum atomic E-state index is 0.135. The van der Waals surface area contributed by atoms with Gasteiger partial charge in [-0.1, -0.05) is 17.7 Å². The minimum Gasteiger partial charge on any atom is -0.508 e. The molecule has 1 amide bonds. The number of rotatable bonds is 2. The first-order chi connectivity index (χ1) is 11.5. The van der Waals surface area contributed by atoms with Crippen LogP contribution in [0.2, 0.25) is 0 Å². The molecule has 2 aromatic carbocycles. The Morgan fingerprint density at radius 1 is 0.917 bits per heavy atom. The summed E-state index contributed by atoms with van der Waals surface area (Å²) in [4.78, 5) is 17.1. The van der Waals surface area contributed by atoms with Crippen molar-refractivity contribution in [3.8, 4) is 5.75 Å². The molecule has 3 rings (SSSR count). The van der Waals surface area contributed by atoms with Crippen LogP contribution in [0.4, 0.5) is 5.69 Å². The first kappa shape index (κ1) is 16.4. The molecule has 0 unspecified atom stereocenters. The lowest BCUT2D eigenvalue weighted by Gasteiger charge is -2.36. The maximum Gasteiger partial charge on any atom is 0.254 e. The molecule has 0 atom stereocenters. The van der Waals surface area contributed by atoms with Crippen molar-refractivity contribution < 1.29 is 9.90 Å². The Hall–Kier alpha value is -2.49. The van der Waals surface area contributed by atoms with Crippen molar-refractivity contribution >= 4 is 11.6 Å². The number of phenolic OH excluding ortho intramolecular Hbond substituents is 1. The van der Waals surface area contributed by atoms with E-state index in [1.165, 1.54) is 5.56 Å². The normalized spacial score (nSPS) is 14.8. The third-order valence-corrected chi connectivity index (χ3v) is 4.67. The van der Waals surface area contributed by atoms with Crippen LogP contribution in [0.25, 0.3) is 0 Å². The van der Waals surface area contributed by atoms with Crippen LogP contribution in [0.15, 0.2) is 36.4 Å². The van der Waals surface area contributed by atoms with Gasteiger partial charge in [-0.25, -0.2) is 0 Å². The van der Waals surface area contributed by atoms with Gasteiger partial charge >= 0.3 is 0 Å². The summed E-state index contributed by atoms with van der Waals surface area (Å²) in [6, 6.07) is 11.4. The van der Waals surface area contributed by atoms with Gasteiger partial charge in [-0.15, -0.1) is 0 Å². The molecule has 0 bridgehead atoms. The maximum atomic E-state index is 12.9. The first-order valence-electron chi connectivity index (χ1n) is 8.37. The van der Waals surface area contributed by atoms with Gasteiger partial charge in [0.2, 0.25) is 0 Å². The molecule has 0 saturated carbocycles. The number of aromatic hydroxyl groups is 1. The third-order valence-electron chi connectivity index (χ3n) is 4.67. The molecule has 1 saturated heterocycles. The summed E-state index contributed by atoms with van der Waals surface area (Å²) in [6.45, 7) is 9.13. The lowest BCUT2D eigenvalue weighted by molar-refractivity contribution is 0.0745. The number of carbonyl (C=O) groups excluding carboxylic acids is 1. The van der Waals surface area contributed by atoms with E-state index < -0.39 is 0 Å². The lowest BCUT2D eigenvalue weighted by Crippen LogP contribution is -2.49. The molecule has 1 heterocycles.